The normalized spacial score (nSPS) is 18.7. The number of rotatable bonds is 4. The number of hydrogen-bond donors (Lipinski definition) is 2. The molecule has 9 heteroatoms. The van der Waals surface area contributed by atoms with Crippen LogP contribution in [0.2, 0.25) is 0 Å². The molecule has 2 rings (SSSR count). The zero-order valence-electron chi connectivity index (χ0n) is 10.9. The summed E-state index contributed by atoms with van der Waals surface area (Å²) in [6.07, 6.45) is 0.823. The van der Waals surface area contributed by atoms with E-state index < -0.39 is 26.6 Å². The smallest absolute Gasteiger partial charge is 0.254 e. The third kappa shape index (κ3) is 4.00. The Kier molecular flexibility index (Phi) is 4.97. The summed E-state index contributed by atoms with van der Waals surface area (Å²) in [5.74, 6) is -1.66. The van der Waals surface area contributed by atoms with Crippen molar-refractivity contribution in [2.45, 2.75) is 11.3 Å². The van der Waals surface area contributed by atoms with Gasteiger partial charge in [-0.3, -0.25) is 4.79 Å². The SMILES string of the molecule is NS(=O)(=O)c1cc(Br)cc(C(=O)NCC2CCOC2)c1F. The number of hydrogen-bond acceptors (Lipinski definition) is 4. The molecule has 116 valence electrons. The minimum atomic E-state index is -4.25. The molecule has 1 aliphatic rings. The number of carbonyl (C=O) groups excluding carboxylic acids is 1. The topological polar surface area (TPSA) is 98.5 Å². The molecule has 1 aromatic carbocycles. The van der Waals surface area contributed by atoms with E-state index in [1.54, 1.807) is 0 Å². The monoisotopic (exact) mass is 380 g/mol. The number of halogens is 2. The molecular formula is C12H14BrFN2O4S. The molecule has 0 radical (unpaired) electrons. The molecule has 1 unspecified atom stereocenters. The Balaban J connectivity index is 2.22. The van der Waals surface area contributed by atoms with E-state index in [2.05, 4.69) is 21.2 Å². The van der Waals surface area contributed by atoms with E-state index in [1.807, 2.05) is 0 Å². The highest BCUT2D eigenvalue weighted by atomic mass is 79.9. The van der Waals surface area contributed by atoms with E-state index in [0.29, 0.717) is 19.8 Å². The Morgan fingerprint density at radius 2 is 2.24 bits per heavy atom. The summed E-state index contributed by atoms with van der Waals surface area (Å²) in [5, 5.41) is 7.50. The van der Waals surface area contributed by atoms with Gasteiger partial charge in [-0.2, -0.15) is 0 Å². The fourth-order valence-corrected chi connectivity index (χ4v) is 3.27. The predicted octanol–water partition coefficient (Wildman–Crippen LogP) is 1.00. The van der Waals surface area contributed by atoms with Crippen molar-refractivity contribution in [2.75, 3.05) is 19.8 Å². The van der Waals surface area contributed by atoms with Crippen molar-refractivity contribution < 1.29 is 22.3 Å². The van der Waals surface area contributed by atoms with Gasteiger partial charge in [0.15, 0.2) is 5.82 Å². The van der Waals surface area contributed by atoms with E-state index >= 15 is 0 Å². The fourth-order valence-electron chi connectivity index (χ4n) is 2.01. The first kappa shape index (κ1) is 16.3. The zero-order valence-corrected chi connectivity index (χ0v) is 13.3. The lowest BCUT2D eigenvalue weighted by Gasteiger charge is -2.11. The number of ether oxygens (including phenoxy) is 1. The first-order chi connectivity index (χ1) is 9.79. The summed E-state index contributed by atoms with van der Waals surface area (Å²) in [4.78, 5) is 11.3. The van der Waals surface area contributed by atoms with Crippen LogP contribution >= 0.6 is 15.9 Å². The van der Waals surface area contributed by atoms with Crippen LogP contribution in [0.1, 0.15) is 16.8 Å². The van der Waals surface area contributed by atoms with Crippen LogP contribution in [-0.4, -0.2) is 34.1 Å². The second kappa shape index (κ2) is 6.39. The quantitative estimate of drug-likeness (QED) is 0.813. The molecule has 1 fully saturated rings. The van der Waals surface area contributed by atoms with Crippen LogP contribution in [0.25, 0.3) is 0 Å². The molecule has 0 aliphatic carbocycles. The second-order valence-corrected chi connectivity index (χ2v) is 7.20. The summed E-state index contributed by atoms with van der Waals surface area (Å²) in [6.45, 7) is 1.53. The van der Waals surface area contributed by atoms with Crippen LogP contribution in [-0.2, 0) is 14.8 Å². The van der Waals surface area contributed by atoms with Gasteiger partial charge in [0.2, 0.25) is 10.0 Å². The molecular weight excluding hydrogens is 367 g/mol. The largest absolute Gasteiger partial charge is 0.381 e. The molecule has 1 aliphatic heterocycles. The summed E-state index contributed by atoms with van der Waals surface area (Å²) in [6, 6.07) is 2.23. The molecule has 0 spiro atoms. The molecule has 1 saturated heterocycles. The van der Waals surface area contributed by atoms with Crippen LogP contribution in [0, 0.1) is 11.7 Å². The Morgan fingerprint density at radius 1 is 1.52 bits per heavy atom. The summed E-state index contributed by atoms with van der Waals surface area (Å²) in [5.41, 5.74) is -0.368. The first-order valence-corrected chi connectivity index (χ1v) is 8.50. The van der Waals surface area contributed by atoms with Gasteiger partial charge in [-0.1, -0.05) is 15.9 Å². The van der Waals surface area contributed by atoms with E-state index in [-0.39, 0.29) is 16.0 Å². The fraction of sp³-hybridized carbons (Fsp3) is 0.417. The maximum absolute atomic E-state index is 14.1. The molecule has 6 nitrogen and oxygen atoms in total. The van der Waals surface area contributed by atoms with Crippen molar-refractivity contribution in [2.24, 2.45) is 11.1 Å². The molecule has 21 heavy (non-hydrogen) atoms. The number of carbonyl (C=O) groups is 1. The highest BCUT2D eigenvalue weighted by Gasteiger charge is 2.23. The molecule has 1 aromatic rings. The minimum Gasteiger partial charge on any atom is -0.381 e. The Bertz CT molecular complexity index is 659. The van der Waals surface area contributed by atoms with Crippen LogP contribution in [0.15, 0.2) is 21.5 Å². The highest BCUT2D eigenvalue weighted by molar-refractivity contribution is 9.10. The van der Waals surface area contributed by atoms with Gasteiger partial charge in [-0.15, -0.1) is 0 Å². The molecule has 0 aromatic heterocycles. The van der Waals surface area contributed by atoms with Gasteiger partial charge in [-0.05, 0) is 18.6 Å². The molecule has 1 amide bonds. The van der Waals surface area contributed by atoms with Crippen LogP contribution in [0.4, 0.5) is 4.39 Å². The van der Waals surface area contributed by atoms with Gasteiger partial charge in [0.05, 0.1) is 12.2 Å². The lowest BCUT2D eigenvalue weighted by Crippen LogP contribution is -2.30. The number of sulfonamides is 1. The summed E-state index contributed by atoms with van der Waals surface area (Å²) >= 11 is 3.04. The van der Waals surface area contributed by atoms with Crippen LogP contribution in [0.5, 0.6) is 0 Å². The number of amides is 1. The summed E-state index contributed by atoms with van der Waals surface area (Å²) in [7, 11) is -4.25. The van der Waals surface area contributed by atoms with Gasteiger partial charge in [0.25, 0.3) is 5.91 Å². The first-order valence-electron chi connectivity index (χ1n) is 6.17. The Labute approximate surface area is 130 Å². The maximum Gasteiger partial charge on any atom is 0.254 e. The lowest BCUT2D eigenvalue weighted by atomic mass is 10.1. The lowest BCUT2D eigenvalue weighted by molar-refractivity contribution is 0.0940. The zero-order chi connectivity index (χ0) is 15.6. The van der Waals surface area contributed by atoms with E-state index in [1.165, 1.54) is 6.07 Å². The summed E-state index contributed by atoms with van der Waals surface area (Å²) < 4.78 is 42.2. The molecule has 1 heterocycles. The minimum absolute atomic E-state index is 0.182. The van der Waals surface area contributed by atoms with Crippen molar-refractivity contribution in [3.63, 3.8) is 0 Å². The van der Waals surface area contributed by atoms with Crippen molar-refractivity contribution in [3.8, 4) is 0 Å². The van der Waals surface area contributed by atoms with Gasteiger partial charge in [-0.25, -0.2) is 17.9 Å². The number of nitrogens with one attached hydrogen (secondary N) is 1. The van der Waals surface area contributed by atoms with Crippen LogP contribution < -0.4 is 10.5 Å². The van der Waals surface area contributed by atoms with Gasteiger partial charge >= 0.3 is 0 Å². The number of primary sulfonamides is 1. The molecule has 0 bridgehead atoms. The molecule has 3 N–H and O–H groups in total. The number of benzene rings is 1. The average Bonchev–Trinajstić information content (AvgIpc) is 2.90. The third-order valence-electron chi connectivity index (χ3n) is 3.13. The van der Waals surface area contributed by atoms with Crippen molar-refractivity contribution in [1.29, 1.82) is 0 Å². The molecule has 0 saturated carbocycles. The van der Waals surface area contributed by atoms with Crippen LogP contribution in [0.3, 0.4) is 0 Å². The van der Waals surface area contributed by atoms with E-state index in [9.17, 15) is 17.6 Å². The predicted molar refractivity (Wildman–Crippen MR) is 76.7 cm³/mol. The van der Waals surface area contributed by atoms with Crippen molar-refractivity contribution in [3.05, 3.63) is 28.0 Å². The molecule has 1 atom stereocenters. The van der Waals surface area contributed by atoms with Gasteiger partial charge in [0, 0.05) is 23.5 Å². The standard InChI is InChI=1S/C12H14BrFN2O4S/c13-8-3-9(11(14)10(4-8)21(15,18)19)12(17)16-5-7-1-2-20-6-7/h3-4,7H,1-2,5-6H2,(H,16,17)(H2,15,18,19). The average molecular weight is 381 g/mol. The second-order valence-electron chi connectivity index (χ2n) is 4.75. The third-order valence-corrected chi connectivity index (χ3v) is 4.50. The van der Waals surface area contributed by atoms with E-state index in [0.717, 1.165) is 12.5 Å². The van der Waals surface area contributed by atoms with Gasteiger partial charge < -0.3 is 10.1 Å². The highest BCUT2D eigenvalue weighted by Crippen LogP contribution is 2.23. The Morgan fingerprint density at radius 3 is 2.81 bits per heavy atom. The van der Waals surface area contributed by atoms with Crippen molar-refractivity contribution in [1.82, 2.24) is 5.32 Å². The van der Waals surface area contributed by atoms with E-state index in [4.69, 9.17) is 9.88 Å². The van der Waals surface area contributed by atoms with Gasteiger partial charge in [0.1, 0.15) is 4.90 Å². The maximum atomic E-state index is 14.1. The number of nitrogens with two attached hydrogens (primary N) is 1. The Hall–Kier alpha value is -1.03. The van der Waals surface area contributed by atoms with Crippen molar-refractivity contribution >= 4 is 31.9 Å².